The zero-order valence-electron chi connectivity index (χ0n) is 14.0. The summed E-state index contributed by atoms with van der Waals surface area (Å²) < 4.78 is 41.8. The number of alkyl halides is 3. The van der Waals surface area contributed by atoms with E-state index in [1.807, 2.05) is 0 Å². The number of rotatable bonds is 5. The van der Waals surface area contributed by atoms with E-state index in [4.69, 9.17) is 5.73 Å². The van der Waals surface area contributed by atoms with Crippen LogP contribution in [0.5, 0.6) is 5.75 Å². The average Bonchev–Trinajstić information content (AvgIpc) is 2.93. The molecule has 3 N–H and O–H groups in total. The van der Waals surface area contributed by atoms with Crippen LogP contribution in [0.2, 0.25) is 0 Å². The standard InChI is InChI=1S/C16H19F3N4O2/c1-10(11-4-6-13(7-5-11)25-16(17,18)19)22-14(24)15(2,3)23-9-12(20)8-21-23/h4-10H,20H2,1-3H3,(H,22,24). The Labute approximate surface area is 142 Å². The molecule has 1 atom stereocenters. The molecule has 0 radical (unpaired) electrons. The minimum atomic E-state index is -4.74. The predicted molar refractivity (Wildman–Crippen MR) is 85.6 cm³/mol. The number of nitrogens with one attached hydrogen (secondary N) is 1. The third-order valence-corrected chi connectivity index (χ3v) is 3.69. The number of carbonyl (C=O) groups excluding carboxylic acids is 1. The van der Waals surface area contributed by atoms with Crippen LogP contribution in [0.3, 0.4) is 0 Å². The average molecular weight is 356 g/mol. The molecule has 1 aromatic carbocycles. The van der Waals surface area contributed by atoms with Gasteiger partial charge in [-0.2, -0.15) is 5.10 Å². The first-order valence-electron chi connectivity index (χ1n) is 7.46. The number of carbonyl (C=O) groups is 1. The van der Waals surface area contributed by atoms with Gasteiger partial charge in [-0.05, 0) is 38.5 Å². The molecule has 1 aromatic heterocycles. The lowest BCUT2D eigenvalue weighted by Crippen LogP contribution is -2.45. The summed E-state index contributed by atoms with van der Waals surface area (Å²) in [5.74, 6) is -0.624. The minimum absolute atomic E-state index is 0.307. The lowest BCUT2D eigenvalue weighted by molar-refractivity contribution is -0.274. The second kappa shape index (κ2) is 6.66. The Morgan fingerprint density at radius 2 is 1.88 bits per heavy atom. The lowest BCUT2D eigenvalue weighted by atomic mass is 10.0. The number of nitrogens with two attached hydrogens (primary N) is 1. The highest BCUT2D eigenvalue weighted by Gasteiger charge is 2.32. The van der Waals surface area contributed by atoms with E-state index >= 15 is 0 Å². The third kappa shape index (κ3) is 4.65. The third-order valence-electron chi connectivity index (χ3n) is 3.69. The van der Waals surface area contributed by atoms with Crippen LogP contribution in [0.4, 0.5) is 18.9 Å². The number of benzene rings is 1. The Kier molecular flexibility index (Phi) is 4.96. The van der Waals surface area contributed by atoms with E-state index in [9.17, 15) is 18.0 Å². The molecule has 0 bridgehead atoms. The van der Waals surface area contributed by atoms with Crippen LogP contribution in [-0.4, -0.2) is 22.1 Å². The van der Waals surface area contributed by atoms with Crippen molar-refractivity contribution in [2.75, 3.05) is 5.73 Å². The number of hydrogen-bond acceptors (Lipinski definition) is 4. The molecule has 1 unspecified atom stereocenters. The van der Waals surface area contributed by atoms with Gasteiger partial charge in [-0.15, -0.1) is 13.2 Å². The summed E-state index contributed by atoms with van der Waals surface area (Å²) in [6, 6.07) is 4.91. The van der Waals surface area contributed by atoms with Crippen molar-refractivity contribution in [2.45, 2.75) is 38.7 Å². The highest BCUT2D eigenvalue weighted by Crippen LogP contribution is 2.25. The summed E-state index contributed by atoms with van der Waals surface area (Å²) in [6.45, 7) is 5.09. The number of aromatic nitrogens is 2. The second-order valence-electron chi connectivity index (χ2n) is 6.09. The van der Waals surface area contributed by atoms with Crippen molar-refractivity contribution >= 4 is 11.6 Å². The molecular weight excluding hydrogens is 337 g/mol. The van der Waals surface area contributed by atoms with Crippen LogP contribution in [0.25, 0.3) is 0 Å². The largest absolute Gasteiger partial charge is 0.573 e. The van der Waals surface area contributed by atoms with Gasteiger partial charge in [-0.1, -0.05) is 12.1 Å². The fraction of sp³-hybridized carbons (Fsp3) is 0.375. The van der Waals surface area contributed by atoms with E-state index in [0.717, 1.165) is 0 Å². The Morgan fingerprint density at radius 1 is 1.28 bits per heavy atom. The van der Waals surface area contributed by atoms with E-state index < -0.39 is 17.9 Å². The second-order valence-corrected chi connectivity index (χ2v) is 6.09. The zero-order valence-corrected chi connectivity index (χ0v) is 14.0. The van der Waals surface area contributed by atoms with Crippen LogP contribution in [0, 0.1) is 0 Å². The van der Waals surface area contributed by atoms with Gasteiger partial charge in [0.15, 0.2) is 0 Å². The Hall–Kier alpha value is -2.71. The first-order valence-corrected chi connectivity index (χ1v) is 7.46. The van der Waals surface area contributed by atoms with Crippen molar-refractivity contribution in [3.63, 3.8) is 0 Å². The minimum Gasteiger partial charge on any atom is -0.406 e. The molecule has 1 heterocycles. The quantitative estimate of drug-likeness (QED) is 0.863. The molecule has 0 aliphatic rings. The topological polar surface area (TPSA) is 82.2 Å². The van der Waals surface area contributed by atoms with Crippen LogP contribution < -0.4 is 15.8 Å². The van der Waals surface area contributed by atoms with Crippen LogP contribution >= 0.6 is 0 Å². The summed E-state index contributed by atoms with van der Waals surface area (Å²) in [7, 11) is 0. The van der Waals surface area contributed by atoms with Crippen LogP contribution in [0.1, 0.15) is 32.4 Å². The van der Waals surface area contributed by atoms with Gasteiger partial charge in [0.05, 0.1) is 17.9 Å². The highest BCUT2D eigenvalue weighted by molar-refractivity contribution is 5.84. The molecule has 0 saturated heterocycles. The number of halogens is 3. The van der Waals surface area contributed by atoms with Crippen LogP contribution in [-0.2, 0) is 10.3 Å². The summed E-state index contributed by atoms with van der Waals surface area (Å²) >= 11 is 0. The summed E-state index contributed by atoms with van der Waals surface area (Å²) in [4.78, 5) is 12.5. The van der Waals surface area contributed by atoms with E-state index in [-0.39, 0.29) is 11.7 Å². The number of nitrogens with zero attached hydrogens (tertiary/aromatic N) is 2. The maximum atomic E-state index is 12.5. The Bertz CT molecular complexity index is 739. The fourth-order valence-electron chi connectivity index (χ4n) is 2.16. The molecule has 9 heteroatoms. The van der Waals surface area contributed by atoms with Gasteiger partial charge < -0.3 is 15.8 Å². The zero-order chi connectivity index (χ0) is 18.8. The van der Waals surface area contributed by atoms with E-state index in [1.54, 1.807) is 27.0 Å². The maximum absolute atomic E-state index is 12.5. The van der Waals surface area contributed by atoms with Crippen molar-refractivity contribution in [3.05, 3.63) is 42.2 Å². The monoisotopic (exact) mass is 356 g/mol. The summed E-state index contributed by atoms with van der Waals surface area (Å²) in [6.07, 6.45) is -1.75. The first-order chi connectivity index (χ1) is 11.5. The van der Waals surface area contributed by atoms with Crippen molar-refractivity contribution in [3.8, 4) is 5.75 Å². The smallest absolute Gasteiger partial charge is 0.406 e. The summed E-state index contributed by atoms with van der Waals surface area (Å²) in [5, 5.41) is 6.85. The van der Waals surface area contributed by atoms with Gasteiger partial charge in [0, 0.05) is 6.20 Å². The summed E-state index contributed by atoms with van der Waals surface area (Å²) in [5.41, 5.74) is 5.71. The number of amides is 1. The molecule has 0 aliphatic carbocycles. The molecule has 0 spiro atoms. The van der Waals surface area contributed by atoms with Gasteiger partial charge in [-0.25, -0.2) is 0 Å². The van der Waals surface area contributed by atoms with Gasteiger partial charge in [0.25, 0.3) is 0 Å². The molecule has 6 nitrogen and oxygen atoms in total. The van der Waals surface area contributed by atoms with Crippen molar-refractivity contribution < 1.29 is 22.7 Å². The number of anilines is 1. The van der Waals surface area contributed by atoms with Gasteiger partial charge in [0.2, 0.25) is 5.91 Å². The molecule has 0 aliphatic heterocycles. The molecule has 25 heavy (non-hydrogen) atoms. The predicted octanol–water partition coefficient (Wildman–Crippen LogP) is 2.98. The highest BCUT2D eigenvalue weighted by atomic mass is 19.4. The fourth-order valence-corrected chi connectivity index (χ4v) is 2.16. The first kappa shape index (κ1) is 18.6. The molecule has 136 valence electrons. The lowest BCUT2D eigenvalue weighted by Gasteiger charge is -2.26. The van der Waals surface area contributed by atoms with Crippen LogP contribution in [0.15, 0.2) is 36.7 Å². The maximum Gasteiger partial charge on any atom is 0.573 e. The van der Waals surface area contributed by atoms with Gasteiger partial charge in [-0.3, -0.25) is 9.48 Å². The molecule has 2 aromatic rings. The van der Waals surface area contributed by atoms with Gasteiger partial charge in [0.1, 0.15) is 11.3 Å². The molecule has 1 amide bonds. The molecular formula is C16H19F3N4O2. The van der Waals surface area contributed by atoms with E-state index in [1.165, 1.54) is 35.1 Å². The molecule has 0 saturated carbocycles. The number of hydrogen-bond donors (Lipinski definition) is 2. The Morgan fingerprint density at radius 3 is 2.36 bits per heavy atom. The SMILES string of the molecule is CC(NC(=O)C(C)(C)n1cc(N)cn1)c1ccc(OC(F)(F)F)cc1. The normalized spacial score (nSPS) is 13.4. The molecule has 0 fully saturated rings. The van der Waals surface area contributed by atoms with E-state index in [0.29, 0.717) is 11.3 Å². The number of nitrogen functional groups attached to an aromatic ring is 1. The number of ether oxygens (including phenoxy) is 1. The molecule has 2 rings (SSSR count). The van der Waals surface area contributed by atoms with E-state index in [2.05, 4.69) is 15.2 Å². The Balaban J connectivity index is 2.06. The van der Waals surface area contributed by atoms with Crippen molar-refractivity contribution in [2.24, 2.45) is 0 Å². The van der Waals surface area contributed by atoms with Crippen molar-refractivity contribution in [1.82, 2.24) is 15.1 Å². The van der Waals surface area contributed by atoms with Crippen molar-refractivity contribution in [1.29, 1.82) is 0 Å². The van der Waals surface area contributed by atoms with Gasteiger partial charge >= 0.3 is 6.36 Å².